The fourth-order valence-electron chi connectivity index (χ4n) is 3.94. The number of hydrogen-bond donors (Lipinski definition) is 1. The third kappa shape index (κ3) is 6.18. The lowest BCUT2D eigenvalue weighted by Crippen LogP contribution is -2.51. The summed E-state index contributed by atoms with van der Waals surface area (Å²) in [4.78, 5) is 13.3. The first-order valence-corrected chi connectivity index (χ1v) is 15.1. The third-order valence-corrected chi connectivity index (χ3v) is 9.78. The largest absolute Gasteiger partial charge is 0.492 e. The highest BCUT2D eigenvalue weighted by Crippen LogP contribution is 2.37. The van der Waals surface area contributed by atoms with E-state index in [9.17, 15) is 21.6 Å². The van der Waals surface area contributed by atoms with Gasteiger partial charge in [0.1, 0.15) is 18.1 Å². The van der Waals surface area contributed by atoms with Crippen molar-refractivity contribution in [2.24, 2.45) is 0 Å². The van der Waals surface area contributed by atoms with Crippen LogP contribution in [0.25, 0.3) is 0 Å². The molecule has 3 aromatic carbocycles. The number of amides is 1. The Labute approximate surface area is 229 Å². The summed E-state index contributed by atoms with van der Waals surface area (Å²) in [5.74, 6) is 0.263. The van der Waals surface area contributed by atoms with Gasteiger partial charge in [0, 0.05) is 14.1 Å². The van der Waals surface area contributed by atoms with Crippen LogP contribution in [0.3, 0.4) is 0 Å². The van der Waals surface area contributed by atoms with Crippen LogP contribution in [0.2, 0.25) is 0 Å². The fourth-order valence-corrected chi connectivity index (χ4v) is 6.32. The van der Waals surface area contributed by atoms with Gasteiger partial charge in [-0.25, -0.2) is 21.1 Å². The summed E-state index contributed by atoms with van der Waals surface area (Å²) in [5.41, 5.74) is 2.16. The second-order valence-electron chi connectivity index (χ2n) is 9.33. The molecule has 0 radical (unpaired) electrons. The van der Waals surface area contributed by atoms with Gasteiger partial charge in [0.15, 0.2) is 6.10 Å². The first-order valence-electron chi connectivity index (χ1n) is 12.2. The standard InChI is InChI=1S/C27H31N3O7S2/c1-19-5-10-23(11-6-19)39(34,35)30-18-26(37-25-17-20(2)7-14-24(25)30)27(31)28-15-16-36-21-8-12-22(13-9-21)38(32,33)29(3)4/h5-14,17,26H,15-16,18H2,1-4H3,(H,28,31). The minimum Gasteiger partial charge on any atom is -0.492 e. The van der Waals surface area contributed by atoms with E-state index in [1.54, 1.807) is 42.5 Å². The predicted molar refractivity (Wildman–Crippen MR) is 147 cm³/mol. The molecule has 0 bridgehead atoms. The van der Waals surface area contributed by atoms with Crippen LogP contribution >= 0.6 is 0 Å². The molecule has 1 aliphatic rings. The number of carbonyl (C=O) groups excluding carboxylic acids is 1. The van der Waals surface area contributed by atoms with Gasteiger partial charge in [0.2, 0.25) is 10.0 Å². The van der Waals surface area contributed by atoms with E-state index in [-0.39, 0.29) is 29.5 Å². The number of hydrogen-bond acceptors (Lipinski definition) is 7. The molecule has 1 unspecified atom stereocenters. The lowest BCUT2D eigenvalue weighted by molar-refractivity contribution is -0.127. The molecule has 0 fully saturated rings. The maximum absolute atomic E-state index is 13.5. The number of fused-ring (bicyclic) bond motifs is 1. The molecule has 0 aromatic heterocycles. The van der Waals surface area contributed by atoms with E-state index in [0.717, 1.165) is 15.4 Å². The van der Waals surface area contributed by atoms with Gasteiger partial charge in [-0.15, -0.1) is 0 Å². The molecule has 0 aliphatic carbocycles. The number of aryl methyl sites for hydroxylation is 2. The highest BCUT2D eigenvalue weighted by atomic mass is 32.2. The molecule has 1 amide bonds. The Morgan fingerprint density at radius 1 is 0.949 bits per heavy atom. The Kier molecular flexibility index (Phi) is 8.19. The molecule has 1 atom stereocenters. The molecule has 10 nitrogen and oxygen atoms in total. The zero-order valence-corrected chi connectivity index (χ0v) is 23.8. The zero-order valence-electron chi connectivity index (χ0n) is 22.1. The van der Waals surface area contributed by atoms with Gasteiger partial charge in [-0.05, 0) is 67.9 Å². The van der Waals surface area contributed by atoms with Gasteiger partial charge in [-0.3, -0.25) is 9.10 Å². The third-order valence-electron chi connectivity index (χ3n) is 6.16. The van der Waals surface area contributed by atoms with Gasteiger partial charge < -0.3 is 14.8 Å². The van der Waals surface area contributed by atoms with Crippen LogP contribution in [0.1, 0.15) is 11.1 Å². The van der Waals surface area contributed by atoms with Gasteiger partial charge in [-0.2, -0.15) is 0 Å². The van der Waals surface area contributed by atoms with E-state index in [1.165, 1.54) is 42.7 Å². The van der Waals surface area contributed by atoms with Crippen molar-refractivity contribution in [3.05, 3.63) is 77.9 Å². The number of benzene rings is 3. The van der Waals surface area contributed by atoms with E-state index in [0.29, 0.717) is 17.2 Å². The second kappa shape index (κ2) is 11.2. The van der Waals surface area contributed by atoms with Gasteiger partial charge in [-0.1, -0.05) is 23.8 Å². The van der Waals surface area contributed by atoms with Crippen LogP contribution in [0.4, 0.5) is 5.69 Å². The number of sulfonamides is 2. The maximum Gasteiger partial charge on any atom is 0.264 e. The van der Waals surface area contributed by atoms with E-state index < -0.39 is 32.1 Å². The molecule has 0 spiro atoms. The van der Waals surface area contributed by atoms with Crippen molar-refractivity contribution in [2.75, 3.05) is 38.1 Å². The van der Waals surface area contributed by atoms with E-state index in [2.05, 4.69) is 5.32 Å². The molecule has 0 saturated carbocycles. The van der Waals surface area contributed by atoms with Gasteiger partial charge >= 0.3 is 0 Å². The first-order chi connectivity index (χ1) is 18.4. The number of nitrogens with one attached hydrogen (secondary N) is 1. The maximum atomic E-state index is 13.5. The Morgan fingerprint density at radius 2 is 1.56 bits per heavy atom. The quantitative estimate of drug-likeness (QED) is 0.391. The lowest BCUT2D eigenvalue weighted by atomic mass is 10.1. The molecule has 4 rings (SSSR count). The summed E-state index contributed by atoms with van der Waals surface area (Å²) >= 11 is 0. The van der Waals surface area contributed by atoms with Crippen LogP contribution in [0.15, 0.2) is 76.5 Å². The molecular formula is C27H31N3O7S2. The Bertz CT molecular complexity index is 1550. The topological polar surface area (TPSA) is 122 Å². The molecule has 12 heteroatoms. The van der Waals surface area contributed by atoms with Crippen LogP contribution in [0, 0.1) is 13.8 Å². The number of rotatable bonds is 9. The van der Waals surface area contributed by atoms with Gasteiger partial charge in [0.25, 0.3) is 15.9 Å². The van der Waals surface area contributed by atoms with Crippen LogP contribution in [-0.2, 0) is 24.8 Å². The van der Waals surface area contributed by atoms with E-state index >= 15 is 0 Å². The predicted octanol–water partition coefficient (Wildman–Crippen LogP) is 2.71. The molecule has 0 saturated heterocycles. The SMILES string of the molecule is Cc1ccc(S(=O)(=O)N2CC(C(=O)NCCOc3ccc(S(=O)(=O)N(C)C)cc3)Oc3cc(C)ccc32)cc1. The van der Waals surface area contributed by atoms with Crippen LogP contribution < -0.4 is 19.1 Å². The van der Waals surface area contributed by atoms with Crippen molar-refractivity contribution in [3.8, 4) is 11.5 Å². The molecular weight excluding hydrogens is 542 g/mol. The smallest absolute Gasteiger partial charge is 0.264 e. The summed E-state index contributed by atoms with van der Waals surface area (Å²) < 4.78 is 65.3. The van der Waals surface area contributed by atoms with Crippen molar-refractivity contribution in [3.63, 3.8) is 0 Å². The highest BCUT2D eigenvalue weighted by molar-refractivity contribution is 7.92. The monoisotopic (exact) mass is 573 g/mol. The number of carbonyl (C=O) groups is 1. The average Bonchev–Trinajstić information content (AvgIpc) is 2.90. The van der Waals surface area contributed by atoms with Crippen molar-refractivity contribution in [1.29, 1.82) is 0 Å². The summed E-state index contributed by atoms with van der Waals surface area (Å²) in [7, 11) is -4.58. The van der Waals surface area contributed by atoms with E-state index in [4.69, 9.17) is 9.47 Å². The number of ether oxygens (including phenoxy) is 2. The summed E-state index contributed by atoms with van der Waals surface area (Å²) in [6, 6.07) is 17.7. The van der Waals surface area contributed by atoms with Crippen molar-refractivity contribution < 1.29 is 31.1 Å². The highest BCUT2D eigenvalue weighted by Gasteiger charge is 2.37. The fraction of sp³-hybridized carbons (Fsp3) is 0.296. The van der Waals surface area contributed by atoms with Crippen molar-refractivity contribution in [2.45, 2.75) is 29.7 Å². The minimum atomic E-state index is -3.95. The van der Waals surface area contributed by atoms with E-state index in [1.807, 2.05) is 13.8 Å². The normalized spacial score (nSPS) is 15.4. The second-order valence-corrected chi connectivity index (χ2v) is 13.3. The lowest BCUT2D eigenvalue weighted by Gasteiger charge is -2.35. The minimum absolute atomic E-state index is 0.110. The van der Waals surface area contributed by atoms with Crippen molar-refractivity contribution in [1.82, 2.24) is 9.62 Å². The number of nitrogens with zero attached hydrogens (tertiary/aromatic N) is 2. The Morgan fingerprint density at radius 3 is 2.21 bits per heavy atom. The van der Waals surface area contributed by atoms with Crippen LogP contribution in [0.5, 0.6) is 11.5 Å². The Balaban J connectivity index is 1.42. The first kappa shape index (κ1) is 28.4. The van der Waals surface area contributed by atoms with Crippen LogP contribution in [-0.4, -0.2) is 66.9 Å². The molecule has 1 N–H and O–H groups in total. The summed E-state index contributed by atoms with van der Waals surface area (Å²) in [6.45, 7) is 3.77. The zero-order chi connectivity index (χ0) is 28.4. The molecule has 1 aliphatic heterocycles. The molecule has 3 aromatic rings. The summed E-state index contributed by atoms with van der Waals surface area (Å²) in [6.07, 6.45) is -1.07. The number of anilines is 1. The van der Waals surface area contributed by atoms with Gasteiger partial charge in [0.05, 0.1) is 28.6 Å². The molecule has 1 heterocycles. The summed E-state index contributed by atoms with van der Waals surface area (Å²) in [5, 5.41) is 2.72. The Hall–Kier alpha value is -3.61. The molecule has 39 heavy (non-hydrogen) atoms. The average molecular weight is 574 g/mol. The van der Waals surface area contributed by atoms with Crippen molar-refractivity contribution >= 4 is 31.6 Å². The molecule has 208 valence electrons.